The molecule has 0 saturated heterocycles. The van der Waals surface area contributed by atoms with Gasteiger partial charge < -0.3 is 14.8 Å². The van der Waals surface area contributed by atoms with Gasteiger partial charge in [0.1, 0.15) is 5.82 Å². The predicted octanol–water partition coefficient (Wildman–Crippen LogP) is 2.70. The third-order valence-electron chi connectivity index (χ3n) is 2.56. The number of carbonyl (C=O) groups is 1. The van der Waals surface area contributed by atoms with Gasteiger partial charge in [0.15, 0.2) is 0 Å². The fraction of sp³-hybridized carbons (Fsp3) is 0.357. The van der Waals surface area contributed by atoms with Gasteiger partial charge in [0.2, 0.25) is 0 Å². The van der Waals surface area contributed by atoms with E-state index in [4.69, 9.17) is 4.74 Å². The van der Waals surface area contributed by atoms with Crippen molar-refractivity contribution in [2.45, 2.75) is 13.0 Å². The number of carbonyl (C=O) groups excluding carboxylic acids is 1. The third kappa shape index (κ3) is 3.79. The Hall–Kier alpha value is -1.88. The van der Waals surface area contributed by atoms with E-state index in [1.807, 2.05) is 6.92 Å². The largest absolute Gasteiger partial charge is 0.465 e. The van der Waals surface area contributed by atoms with Gasteiger partial charge in [-0.05, 0) is 24.6 Å². The Morgan fingerprint density at radius 3 is 2.74 bits per heavy atom. The van der Waals surface area contributed by atoms with Gasteiger partial charge in [0.25, 0.3) is 0 Å². The second-order valence-electron chi connectivity index (χ2n) is 4.12. The molecule has 1 N–H and O–H groups in total. The van der Waals surface area contributed by atoms with Gasteiger partial charge in [-0.2, -0.15) is 0 Å². The monoisotopic (exact) mass is 267 g/mol. The highest BCUT2D eigenvalue weighted by molar-refractivity contribution is 5.96. The molecule has 1 aromatic rings. The highest BCUT2D eigenvalue weighted by Crippen LogP contribution is 2.24. The molecule has 104 valence electrons. The van der Waals surface area contributed by atoms with Gasteiger partial charge in [-0.3, -0.25) is 0 Å². The quantitative estimate of drug-likeness (QED) is 0.805. The topological polar surface area (TPSA) is 47.6 Å². The molecule has 0 bridgehead atoms. The van der Waals surface area contributed by atoms with Crippen LogP contribution in [0, 0.1) is 5.82 Å². The Kier molecular flexibility index (Phi) is 5.51. The summed E-state index contributed by atoms with van der Waals surface area (Å²) in [4.78, 5) is 11.7. The molecule has 0 radical (unpaired) electrons. The minimum absolute atomic E-state index is 0.113. The van der Waals surface area contributed by atoms with Crippen molar-refractivity contribution in [3.05, 3.63) is 35.7 Å². The Morgan fingerprint density at radius 2 is 2.21 bits per heavy atom. The molecular formula is C14H18FNO3. The van der Waals surface area contributed by atoms with E-state index in [2.05, 4.69) is 16.6 Å². The Morgan fingerprint density at radius 1 is 1.53 bits per heavy atom. The second-order valence-corrected chi connectivity index (χ2v) is 4.12. The molecule has 0 spiro atoms. The van der Waals surface area contributed by atoms with Crippen molar-refractivity contribution in [3.8, 4) is 0 Å². The van der Waals surface area contributed by atoms with E-state index in [1.165, 1.54) is 25.3 Å². The summed E-state index contributed by atoms with van der Waals surface area (Å²) in [5.41, 5.74) is 0.769. The molecule has 1 aromatic carbocycles. The van der Waals surface area contributed by atoms with Gasteiger partial charge in [0, 0.05) is 13.2 Å². The molecule has 0 fully saturated rings. The van der Waals surface area contributed by atoms with Crippen molar-refractivity contribution >= 4 is 17.7 Å². The lowest BCUT2D eigenvalue weighted by Crippen LogP contribution is -2.23. The fourth-order valence-corrected chi connectivity index (χ4v) is 1.70. The number of nitrogens with one attached hydrogen (secondary N) is 1. The SMILES string of the molecule is C=Cc1cc(F)c(N[C@@H](C)COC)c(C(=O)OC)c1. The van der Waals surface area contributed by atoms with Crippen molar-refractivity contribution < 1.29 is 18.7 Å². The summed E-state index contributed by atoms with van der Waals surface area (Å²) in [5.74, 6) is -1.13. The summed E-state index contributed by atoms with van der Waals surface area (Å²) in [5, 5.41) is 2.91. The van der Waals surface area contributed by atoms with Crippen LogP contribution in [0.3, 0.4) is 0 Å². The Balaban J connectivity index is 3.19. The summed E-state index contributed by atoms with van der Waals surface area (Å²) in [6.07, 6.45) is 1.47. The number of halogens is 1. The standard InChI is InChI=1S/C14H18FNO3/c1-5-10-6-11(14(17)19-4)13(12(15)7-10)16-9(2)8-18-3/h5-7,9,16H,1,8H2,2-4H3/t9-/m0/s1. The van der Waals surface area contributed by atoms with E-state index in [9.17, 15) is 9.18 Å². The number of hydrogen-bond donors (Lipinski definition) is 1. The number of methoxy groups -OCH3 is 2. The fourth-order valence-electron chi connectivity index (χ4n) is 1.70. The Labute approximate surface area is 112 Å². The molecule has 0 aromatic heterocycles. The summed E-state index contributed by atoms with van der Waals surface area (Å²) in [6.45, 7) is 5.78. The van der Waals surface area contributed by atoms with Crippen molar-refractivity contribution in [1.29, 1.82) is 0 Å². The lowest BCUT2D eigenvalue weighted by Gasteiger charge is -2.18. The lowest BCUT2D eigenvalue weighted by atomic mass is 10.1. The second kappa shape index (κ2) is 6.89. The normalized spacial score (nSPS) is 11.8. The van der Waals surface area contributed by atoms with E-state index in [0.29, 0.717) is 12.2 Å². The first-order chi connectivity index (χ1) is 9.03. The zero-order chi connectivity index (χ0) is 14.4. The van der Waals surface area contributed by atoms with E-state index in [1.54, 1.807) is 7.11 Å². The van der Waals surface area contributed by atoms with Gasteiger partial charge in [-0.1, -0.05) is 12.7 Å². The average molecular weight is 267 g/mol. The van der Waals surface area contributed by atoms with Crippen LogP contribution in [0.1, 0.15) is 22.8 Å². The van der Waals surface area contributed by atoms with Crippen LogP contribution < -0.4 is 5.32 Å². The van der Waals surface area contributed by atoms with Gasteiger partial charge in [0.05, 0.1) is 25.0 Å². The molecule has 0 heterocycles. The highest BCUT2D eigenvalue weighted by atomic mass is 19.1. The minimum atomic E-state index is -0.602. The van der Waals surface area contributed by atoms with Gasteiger partial charge in [-0.25, -0.2) is 9.18 Å². The van der Waals surface area contributed by atoms with E-state index in [-0.39, 0.29) is 17.3 Å². The molecule has 5 heteroatoms. The van der Waals surface area contributed by atoms with E-state index < -0.39 is 11.8 Å². The molecule has 4 nitrogen and oxygen atoms in total. The summed E-state index contributed by atoms with van der Waals surface area (Å²) < 4.78 is 23.7. The van der Waals surface area contributed by atoms with Gasteiger partial charge >= 0.3 is 5.97 Å². The highest BCUT2D eigenvalue weighted by Gasteiger charge is 2.18. The van der Waals surface area contributed by atoms with Crippen LogP contribution in [0.2, 0.25) is 0 Å². The maximum atomic E-state index is 14.0. The number of ether oxygens (including phenoxy) is 2. The number of hydrogen-bond acceptors (Lipinski definition) is 4. The van der Waals surface area contributed by atoms with Crippen LogP contribution in [-0.4, -0.2) is 32.8 Å². The molecule has 0 unspecified atom stereocenters. The predicted molar refractivity (Wildman–Crippen MR) is 72.8 cm³/mol. The van der Waals surface area contributed by atoms with E-state index in [0.717, 1.165) is 0 Å². The van der Waals surface area contributed by atoms with E-state index >= 15 is 0 Å². The first kappa shape index (κ1) is 15.2. The minimum Gasteiger partial charge on any atom is -0.465 e. The molecule has 0 saturated carbocycles. The van der Waals surface area contributed by atoms with Crippen LogP contribution in [0.25, 0.3) is 6.08 Å². The molecule has 0 aliphatic carbocycles. The van der Waals surface area contributed by atoms with Crippen LogP contribution in [0.4, 0.5) is 10.1 Å². The molecule has 1 rings (SSSR count). The van der Waals surface area contributed by atoms with Crippen LogP contribution in [-0.2, 0) is 9.47 Å². The van der Waals surface area contributed by atoms with Gasteiger partial charge in [-0.15, -0.1) is 0 Å². The molecule has 0 amide bonds. The third-order valence-corrected chi connectivity index (χ3v) is 2.56. The molecular weight excluding hydrogens is 249 g/mol. The summed E-state index contributed by atoms with van der Waals surface area (Å²) in [7, 11) is 2.81. The number of anilines is 1. The van der Waals surface area contributed by atoms with Crippen molar-refractivity contribution in [1.82, 2.24) is 0 Å². The summed E-state index contributed by atoms with van der Waals surface area (Å²) in [6, 6.07) is 2.70. The first-order valence-electron chi connectivity index (χ1n) is 5.83. The Bertz CT molecular complexity index is 474. The molecule has 0 aliphatic rings. The maximum absolute atomic E-state index is 14.0. The van der Waals surface area contributed by atoms with Crippen molar-refractivity contribution in [2.75, 3.05) is 26.1 Å². The first-order valence-corrected chi connectivity index (χ1v) is 5.83. The van der Waals surface area contributed by atoms with Crippen molar-refractivity contribution in [3.63, 3.8) is 0 Å². The van der Waals surface area contributed by atoms with Crippen LogP contribution in [0.15, 0.2) is 18.7 Å². The summed E-state index contributed by atoms with van der Waals surface area (Å²) >= 11 is 0. The van der Waals surface area contributed by atoms with Crippen LogP contribution in [0.5, 0.6) is 0 Å². The zero-order valence-corrected chi connectivity index (χ0v) is 11.3. The number of esters is 1. The van der Waals surface area contributed by atoms with Crippen LogP contribution >= 0.6 is 0 Å². The maximum Gasteiger partial charge on any atom is 0.340 e. The molecule has 19 heavy (non-hydrogen) atoms. The number of rotatable bonds is 6. The zero-order valence-electron chi connectivity index (χ0n) is 11.3. The molecule has 1 atom stereocenters. The average Bonchev–Trinajstić information content (AvgIpc) is 2.40. The lowest BCUT2D eigenvalue weighted by molar-refractivity contribution is 0.0601. The number of benzene rings is 1. The van der Waals surface area contributed by atoms with Crippen molar-refractivity contribution in [2.24, 2.45) is 0 Å². The molecule has 0 aliphatic heterocycles. The smallest absolute Gasteiger partial charge is 0.340 e.